The maximum Gasteiger partial charge on any atom is 0.144 e. The molecule has 4 rings (SSSR count). The minimum Gasteiger partial charge on any atom is -0.311 e. The Labute approximate surface area is 134 Å². The van der Waals surface area contributed by atoms with Crippen molar-refractivity contribution in [1.29, 1.82) is 5.26 Å². The molecule has 114 valence electrons. The molecule has 0 amide bonds. The normalized spacial score (nSPS) is 18.5. The minimum absolute atomic E-state index is 0.201. The molecular formula is C17H20N4S. The van der Waals surface area contributed by atoms with Gasteiger partial charge in [-0.15, -0.1) is 21.5 Å². The summed E-state index contributed by atoms with van der Waals surface area (Å²) in [5, 5.41) is 18.4. The molecule has 0 aromatic carbocycles. The van der Waals surface area contributed by atoms with Crippen LogP contribution in [0.5, 0.6) is 0 Å². The van der Waals surface area contributed by atoms with Gasteiger partial charge in [0.05, 0.1) is 11.0 Å². The number of rotatable bonds is 4. The first-order valence-corrected chi connectivity index (χ1v) is 8.80. The van der Waals surface area contributed by atoms with Crippen LogP contribution in [0, 0.1) is 18.3 Å². The molecule has 0 aliphatic heterocycles. The zero-order valence-electron chi connectivity index (χ0n) is 13.3. The second kappa shape index (κ2) is 4.66. The summed E-state index contributed by atoms with van der Waals surface area (Å²) in [5.74, 6) is 2.89. The van der Waals surface area contributed by atoms with Gasteiger partial charge < -0.3 is 4.57 Å². The molecule has 2 fully saturated rings. The lowest BCUT2D eigenvalue weighted by Crippen LogP contribution is -2.24. The van der Waals surface area contributed by atoms with Gasteiger partial charge in [-0.3, -0.25) is 0 Å². The van der Waals surface area contributed by atoms with Crippen LogP contribution < -0.4 is 0 Å². The van der Waals surface area contributed by atoms with Crippen LogP contribution in [0.15, 0.2) is 6.07 Å². The van der Waals surface area contributed by atoms with Crippen molar-refractivity contribution in [3.63, 3.8) is 0 Å². The first-order chi connectivity index (χ1) is 10.5. The summed E-state index contributed by atoms with van der Waals surface area (Å²) < 4.78 is 2.42. The maximum absolute atomic E-state index is 9.23. The van der Waals surface area contributed by atoms with Crippen molar-refractivity contribution in [1.82, 2.24) is 14.8 Å². The average molecular weight is 312 g/mol. The summed E-state index contributed by atoms with van der Waals surface area (Å²) in [6.07, 6.45) is 4.99. The number of hydrogen-bond donors (Lipinski definition) is 0. The predicted molar refractivity (Wildman–Crippen MR) is 86.2 cm³/mol. The Morgan fingerprint density at radius 2 is 2.00 bits per heavy atom. The molecule has 0 N–H and O–H groups in total. The standard InChI is InChI=1S/C17H20N4S/c1-10-12(9-18)8-14(22-10)17(2,3)16-20-19-15(11-4-5-11)21(16)13-6-7-13/h8,11,13H,4-7H2,1-3H3. The van der Waals surface area contributed by atoms with Gasteiger partial charge in [-0.2, -0.15) is 5.26 Å². The number of aryl methyl sites for hydroxylation is 1. The van der Waals surface area contributed by atoms with E-state index in [2.05, 4.69) is 34.7 Å². The molecule has 0 spiro atoms. The Morgan fingerprint density at radius 1 is 1.27 bits per heavy atom. The SMILES string of the molecule is Cc1sc(C(C)(C)c2nnc(C3CC3)n2C2CC2)cc1C#N. The van der Waals surface area contributed by atoms with Crippen LogP contribution in [0.3, 0.4) is 0 Å². The van der Waals surface area contributed by atoms with Crippen molar-refractivity contribution in [3.05, 3.63) is 33.0 Å². The Bertz CT molecular complexity index is 769. The summed E-state index contributed by atoms with van der Waals surface area (Å²) in [5.41, 5.74) is 0.584. The highest BCUT2D eigenvalue weighted by atomic mass is 32.1. The fourth-order valence-electron chi connectivity index (χ4n) is 3.05. The Hall–Kier alpha value is -1.67. The summed E-state index contributed by atoms with van der Waals surface area (Å²) in [6, 6.07) is 4.91. The van der Waals surface area contributed by atoms with Crippen LogP contribution in [0.25, 0.3) is 0 Å². The monoisotopic (exact) mass is 312 g/mol. The smallest absolute Gasteiger partial charge is 0.144 e. The molecular weight excluding hydrogens is 292 g/mol. The molecule has 2 aromatic rings. The fraction of sp³-hybridized carbons (Fsp3) is 0.588. The molecule has 4 nitrogen and oxygen atoms in total. The van der Waals surface area contributed by atoms with E-state index >= 15 is 0 Å². The quantitative estimate of drug-likeness (QED) is 0.855. The molecule has 2 aliphatic rings. The van der Waals surface area contributed by atoms with E-state index in [9.17, 15) is 5.26 Å². The molecule has 0 bridgehead atoms. The fourth-order valence-corrected chi connectivity index (χ4v) is 4.12. The number of thiophene rings is 1. The van der Waals surface area contributed by atoms with Crippen molar-refractivity contribution < 1.29 is 0 Å². The molecule has 0 atom stereocenters. The molecule has 2 heterocycles. The van der Waals surface area contributed by atoms with Crippen LogP contribution in [0.2, 0.25) is 0 Å². The van der Waals surface area contributed by atoms with E-state index in [0.717, 1.165) is 16.3 Å². The van der Waals surface area contributed by atoms with E-state index in [0.29, 0.717) is 12.0 Å². The highest BCUT2D eigenvalue weighted by molar-refractivity contribution is 7.12. The van der Waals surface area contributed by atoms with E-state index in [4.69, 9.17) is 0 Å². The predicted octanol–water partition coefficient (Wildman–Crippen LogP) is 4.06. The average Bonchev–Trinajstić information content (AvgIpc) is 3.42. The van der Waals surface area contributed by atoms with Gasteiger partial charge in [-0.1, -0.05) is 0 Å². The number of aromatic nitrogens is 3. The van der Waals surface area contributed by atoms with E-state index in [1.807, 2.05) is 13.0 Å². The summed E-state index contributed by atoms with van der Waals surface area (Å²) in [6.45, 7) is 6.43. The highest BCUT2D eigenvalue weighted by Crippen LogP contribution is 2.47. The number of hydrogen-bond acceptors (Lipinski definition) is 4. The van der Waals surface area contributed by atoms with Crippen LogP contribution >= 0.6 is 11.3 Å². The second-order valence-electron chi connectivity index (χ2n) is 7.07. The first-order valence-electron chi connectivity index (χ1n) is 7.98. The largest absolute Gasteiger partial charge is 0.311 e. The summed E-state index contributed by atoms with van der Waals surface area (Å²) in [4.78, 5) is 2.30. The minimum atomic E-state index is -0.201. The second-order valence-corrected chi connectivity index (χ2v) is 8.33. The van der Waals surface area contributed by atoms with Crippen molar-refractivity contribution >= 4 is 11.3 Å². The van der Waals surface area contributed by atoms with Crippen LogP contribution in [0.4, 0.5) is 0 Å². The summed E-state index contributed by atoms with van der Waals surface area (Å²) >= 11 is 1.71. The van der Waals surface area contributed by atoms with Crippen molar-refractivity contribution in [2.24, 2.45) is 0 Å². The summed E-state index contributed by atoms with van der Waals surface area (Å²) in [7, 11) is 0. The van der Waals surface area contributed by atoms with Crippen molar-refractivity contribution in [2.45, 2.75) is 63.8 Å². The van der Waals surface area contributed by atoms with E-state index in [1.54, 1.807) is 11.3 Å². The van der Waals surface area contributed by atoms with E-state index in [-0.39, 0.29) is 5.41 Å². The van der Waals surface area contributed by atoms with Gasteiger partial charge in [0.2, 0.25) is 0 Å². The highest BCUT2D eigenvalue weighted by Gasteiger charge is 2.41. The Balaban J connectivity index is 1.81. The van der Waals surface area contributed by atoms with Crippen LogP contribution in [-0.2, 0) is 5.41 Å². The lowest BCUT2D eigenvalue weighted by molar-refractivity contribution is 0.533. The molecule has 0 unspecified atom stereocenters. The molecule has 2 aromatic heterocycles. The third-order valence-corrected chi connectivity index (χ3v) is 6.16. The van der Waals surface area contributed by atoms with Gasteiger partial charge in [-0.25, -0.2) is 0 Å². The van der Waals surface area contributed by atoms with Gasteiger partial charge in [0.15, 0.2) is 0 Å². The van der Waals surface area contributed by atoms with E-state index < -0.39 is 0 Å². The molecule has 0 saturated heterocycles. The van der Waals surface area contributed by atoms with Gasteiger partial charge in [0.25, 0.3) is 0 Å². The lowest BCUT2D eigenvalue weighted by Gasteiger charge is -2.24. The number of nitriles is 1. The van der Waals surface area contributed by atoms with Crippen LogP contribution in [-0.4, -0.2) is 14.8 Å². The molecule has 22 heavy (non-hydrogen) atoms. The number of nitrogens with zero attached hydrogens (tertiary/aromatic N) is 4. The zero-order valence-corrected chi connectivity index (χ0v) is 14.1. The Kier molecular flexibility index (Phi) is 2.96. The molecule has 2 aliphatic carbocycles. The third-order valence-electron chi connectivity index (χ3n) is 4.79. The van der Waals surface area contributed by atoms with Gasteiger partial charge in [0.1, 0.15) is 17.7 Å². The van der Waals surface area contributed by atoms with Gasteiger partial charge in [0, 0.05) is 21.7 Å². The van der Waals surface area contributed by atoms with Gasteiger partial charge in [-0.05, 0) is 52.5 Å². The Morgan fingerprint density at radius 3 is 2.55 bits per heavy atom. The van der Waals surface area contributed by atoms with Gasteiger partial charge >= 0.3 is 0 Å². The first kappa shape index (κ1) is 14.0. The van der Waals surface area contributed by atoms with Crippen molar-refractivity contribution in [2.75, 3.05) is 0 Å². The zero-order chi connectivity index (χ0) is 15.5. The molecule has 0 radical (unpaired) electrons. The van der Waals surface area contributed by atoms with E-state index in [1.165, 1.54) is 36.4 Å². The topological polar surface area (TPSA) is 54.5 Å². The molecule has 2 saturated carbocycles. The van der Waals surface area contributed by atoms with Crippen LogP contribution in [0.1, 0.15) is 78.5 Å². The van der Waals surface area contributed by atoms with Crippen molar-refractivity contribution in [3.8, 4) is 6.07 Å². The lowest BCUT2D eigenvalue weighted by atomic mass is 9.89. The molecule has 5 heteroatoms. The third kappa shape index (κ3) is 2.09. The maximum atomic E-state index is 9.23.